The lowest BCUT2D eigenvalue weighted by molar-refractivity contribution is 0.340. The SMILES string of the molecule is CCOc1ccc(-n2ccn3c(=O)n(C)nc3c2=O)cc1. The lowest BCUT2D eigenvalue weighted by atomic mass is 10.3. The van der Waals surface area contributed by atoms with Gasteiger partial charge < -0.3 is 4.74 Å². The Balaban J connectivity index is 2.14. The van der Waals surface area contributed by atoms with Crippen molar-refractivity contribution in [3.05, 3.63) is 57.5 Å². The van der Waals surface area contributed by atoms with Crippen molar-refractivity contribution in [1.82, 2.24) is 18.7 Å². The number of nitrogens with zero attached hydrogens (tertiary/aromatic N) is 4. The summed E-state index contributed by atoms with van der Waals surface area (Å²) in [5.74, 6) is 0.740. The summed E-state index contributed by atoms with van der Waals surface area (Å²) < 4.78 is 9.18. The van der Waals surface area contributed by atoms with E-state index in [1.54, 1.807) is 30.5 Å². The topological polar surface area (TPSA) is 70.5 Å². The molecule has 7 nitrogen and oxygen atoms in total. The highest BCUT2D eigenvalue weighted by Crippen LogP contribution is 2.14. The van der Waals surface area contributed by atoms with Gasteiger partial charge in [0.05, 0.1) is 6.61 Å². The number of aryl methyl sites for hydroxylation is 1. The standard InChI is InChI=1S/C14H14N4O3/c1-3-21-11-6-4-10(5-7-11)17-8-9-18-12(13(17)19)15-16(2)14(18)20/h4-9H,3H2,1-2H3. The van der Waals surface area contributed by atoms with Crippen molar-refractivity contribution in [2.45, 2.75) is 6.92 Å². The Hall–Kier alpha value is -2.83. The second-order valence-corrected chi connectivity index (χ2v) is 4.50. The molecular formula is C14H14N4O3. The molecule has 0 fully saturated rings. The van der Waals surface area contributed by atoms with Crippen molar-refractivity contribution in [3.63, 3.8) is 0 Å². The molecule has 0 aliphatic heterocycles. The Morgan fingerprint density at radius 1 is 1.14 bits per heavy atom. The van der Waals surface area contributed by atoms with Crippen molar-refractivity contribution in [2.75, 3.05) is 6.61 Å². The Labute approximate surface area is 119 Å². The van der Waals surface area contributed by atoms with Crippen LogP contribution in [0.3, 0.4) is 0 Å². The molecule has 0 unspecified atom stereocenters. The number of hydrogen-bond donors (Lipinski definition) is 0. The van der Waals surface area contributed by atoms with Gasteiger partial charge in [0.15, 0.2) is 0 Å². The minimum atomic E-state index is -0.348. The van der Waals surface area contributed by atoms with Crippen molar-refractivity contribution in [1.29, 1.82) is 0 Å². The van der Waals surface area contributed by atoms with E-state index < -0.39 is 0 Å². The van der Waals surface area contributed by atoms with Gasteiger partial charge in [-0.2, -0.15) is 0 Å². The van der Waals surface area contributed by atoms with Gasteiger partial charge in [0.2, 0.25) is 5.65 Å². The van der Waals surface area contributed by atoms with Crippen LogP contribution in [0.5, 0.6) is 5.75 Å². The first-order chi connectivity index (χ1) is 10.1. The zero-order chi connectivity index (χ0) is 15.0. The quantitative estimate of drug-likeness (QED) is 0.706. The van der Waals surface area contributed by atoms with Gasteiger partial charge in [0.1, 0.15) is 5.75 Å². The predicted octanol–water partition coefficient (Wildman–Crippen LogP) is 0.583. The molecule has 0 atom stereocenters. The molecule has 0 N–H and O–H groups in total. The number of rotatable bonds is 3. The van der Waals surface area contributed by atoms with E-state index in [2.05, 4.69) is 5.10 Å². The molecule has 0 aliphatic rings. The van der Waals surface area contributed by atoms with E-state index in [4.69, 9.17) is 4.74 Å². The summed E-state index contributed by atoms with van der Waals surface area (Å²) in [6.07, 6.45) is 3.08. The second-order valence-electron chi connectivity index (χ2n) is 4.50. The monoisotopic (exact) mass is 286 g/mol. The van der Waals surface area contributed by atoms with Crippen molar-refractivity contribution >= 4 is 5.65 Å². The van der Waals surface area contributed by atoms with Gasteiger partial charge in [0, 0.05) is 25.1 Å². The molecule has 0 aliphatic carbocycles. The van der Waals surface area contributed by atoms with Gasteiger partial charge in [-0.15, -0.1) is 5.10 Å². The summed E-state index contributed by atoms with van der Waals surface area (Å²) in [6.45, 7) is 2.49. The average molecular weight is 286 g/mol. The van der Waals surface area contributed by atoms with Crippen LogP contribution < -0.4 is 16.0 Å². The van der Waals surface area contributed by atoms with Crippen molar-refractivity contribution in [3.8, 4) is 11.4 Å². The summed E-state index contributed by atoms with van der Waals surface area (Å²) in [4.78, 5) is 24.1. The van der Waals surface area contributed by atoms with Crippen LogP contribution in [0.4, 0.5) is 0 Å². The van der Waals surface area contributed by atoms with Gasteiger partial charge in [-0.3, -0.25) is 9.36 Å². The number of aromatic nitrogens is 4. The van der Waals surface area contributed by atoms with Crippen molar-refractivity contribution < 1.29 is 4.74 Å². The number of benzene rings is 1. The smallest absolute Gasteiger partial charge is 0.350 e. The summed E-state index contributed by atoms with van der Waals surface area (Å²) in [5, 5.41) is 3.95. The fourth-order valence-corrected chi connectivity index (χ4v) is 2.14. The van der Waals surface area contributed by atoms with Crippen LogP contribution in [-0.4, -0.2) is 25.4 Å². The normalized spacial score (nSPS) is 11.0. The van der Waals surface area contributed by atoms with Crippen LogP contribution in [0.25, 0.3) is 11.3 Å². The third-order valence-electron chi connectivity index (χ3n) is 3.16. The van der Waals surface area contributed by atoms with Gasteiger partial charge in [0.25, 0.3) is 0 Å². The second kappa shape index (κ2) is 4.93. The zero-order valence-electron chi connectivity index (χ0n) is 11.7. The van der Waals surface area contributed by atoms with Crippen LogP contribution in [0.2, 0.25) is 0 Å². The first kappa shape index (κ1) is 13.2. The summed E-state index contributed by atoms with van der Waals surface area (Å²) in [5.41, 5.74) is 0.0863. The van der Waals surface area contributed by atoms with Crippen LogP contribution in [0.15, 0.2) is 46.2 Å². The summed E-state index contributed by atoms with van der Waals surface area (Å²) in [7, 11) is 1.51. The van der Waals surface area contributed by atoms with Gasteiger partial charge in [-0.1, -0.05) is 0 Å². The zero-order valence-corrected chi connectivity index (χ0v) is 11.7. The number of hydrogen-bond acceptors (Lipinski definition) is 4. The molecule has 7 heteroatoms. The lowest BCUT2D eigenvalue weighted by Crippen LogP contribution is -2.23. The first-order valence-electron chi connectivity index (χ1n) is 6.52. The third kappa shape index (κ3) is 2.12. The largest absolute Gasteiger partial charge is 0.494 e. The molecular weight excluding hydrogens is 272 g/mol. The van der Waals surface area contributed by atoms with Crippen molar-refractivity contribution in [2.24, 2.45) is 7.05 Å². The Morgan fingerprint density at radius 2 is 1.86 bits per heavy atom. The maximum Gasteiger partial charge on any atom is 0.350 e. The van der Waals surface area contributed by atoms with E-state index in [1.807, 2.05) is 6.92 Å². The van der Waals surface area contributed by atoms with Gasteiger partial charge >= 0.3 is 11.2 Å². The highest BCUT2D eigenvalue weighted by molar-refractivity contribution is 5.42. The lowest BCUT2D eigenvalue weighted by Gasteiger charge is -2.07. The van der Waals surface area contributed by atoms with E-state index in [9.17, 15) is 9.59 Å². The highest BCUT2D eigenvalue weighted by atomic mass is 16.5. The van der Waals surface area contributed by atoms with E-state index in [0.717, 1.165) is 10.4 Å². The Kier molecular flexibility index (Phi) is 3.09. The van der Waals surface area contributed by atoms with E-state index in [-0.39, 0.29) is 16.9 Å². The van der Waals surface area contributed by atoms with Crippen LogP contribution >= 0.6 is 0 Å². The molecule has 108 valence electrons. The van der Waals surface area contributed by atoms with E-state index in [1.165, 1.54) is 22.2 Å². The molecule has 3 rings (SSSR count). The molecule has 0 saturated heterocycles. The molecule has 0 saturated carbocycles. The molecule has 3 aromatic rings. The fourth-order valence-electron chi connectivity index (χ4n) is 2.14. The highest BCUT2D eigenvalue weighted by Gasteiger charge is 2.10. The molecule has 2 heterocycles. The third-order valence-corrected chi connectivity index (χ3v) is 3.16. The molecule has 0 bridgehead atoms. The number of ether oxygens (including phenoxy) is 1. The molecule has 21 heavy (non-hydrogen) atoms. The fraction of sp³-hybridized carbons (Fsp3) is 0.214. The first-order valence-corrected chi connectivity index (χ1v) is 6.52. The minimum absolute atomic E-state index is 0.0962. The molecule has 0 radical (unpaired) electrons. The summed E-state index contributed by atoms with van der Waals surface area (Å²) in [6, 6.07) is 7.15. The van der Waals surface area contributed by atoms with Crippen LogP contribution in [-0.2, 0) is 7.05 Å². The summed E-state index contributed by atoms with van der Waals surface area (Å²) >= 11 is 0. The molecule has 0 amide bonds. The van der Waals surface area contributed by atoms with E-state index in [0.29, 0.717) is 12.3 Å². The maximum absolute atomic E-state index is 12.4. The maximum atomic E-state index is 12.4. The molecule has 2 aromatic heterocycles. The van der Waals surface area contributed by atoms with Crippen LogP contribution in [0, 0.1) is 0 Å². The predicted molar refractivity (Wildman–Crippen MR) is 77.2 cm³/mol. The van der Waals surface area contributed by atoms with Gasteiger partial charge in [-0.05, 0) is 31.2 Å². The average Bonchev–Trinajstić information content (AvgIpc) is 2.78. The minimum Gasteiger partial charge on any atom is -0.494 e. The Morgan fingerprint density at radius 3 is 2.52 bits per heavy atom. The van der Waals surface area contributed by atoms with Gasteiger partial charge in [-0.25, -0.2) is 13.9 Å². The van der Waals surface area contributed by atoms with E-state index >= 15 is 0 Å². The van der Waals surface area contributed by atoms with Crippen LogP contribution in [0.1, 0.15) is 6.92 Å². The molecule has 0 spiro atoms. The number of fused-ring (bicyclic) bond motifs is 1. The Bertz CT molecular complexity index is 903. The molecule has 1 aromatic carbocycles.